The minimum Gasteiger partial charge on any atom is -0.336 e. The number of carbonyl (C=O) groups is 1. The van der Waals surface area contributed by atoms with Crippen LogP contribution in [0.2, 0.25) is 0 Å². The third-order valence-corrected chi connectivity index (χ3v) is 5.02. The molecule has 0 bridgehead atoms. The van der Waals surface area contributed by atoms with Crippen molar-refractivity contribution in [3.63, 3.8) is 0 Å². The van der Waals surface area contributed by atoms with E-state index in [-0.39, 0.29) is 17.2 Å². The van der Waals surface area contributed by atoms with Gasteiger partial charge < -0.3 is 9.47 Å². The number of amides is 1. The van der Waals surface area contributed by atoms with E-state index in [1.54, 1.807) is 11.1 Å². The molecule has 1 unspecified atom stereocenters. The number of carbonyl (C=O) groups excluding carboxylic acids is 1. The van der Waals surface area contributed by atoms with Crippen molar-refractivity contribution in [1.82, 2.24) is 14.5 Å². The van der Waals surface area contributed by atoms with E-state index in [1.807, 2.05) is 17.7 Å². The largest absolute Gasteiger partial charge is 0.336 e. The highest BCUT2D eigenvalue weighted by atomic mass is 19.2. The van der Waals surface area contributed by atoms with Gasteiger partial charge in [0.2, 0.25) is 0 Å². The second-order valence-corrected chi connectivity index (χ2v) is 6.66. The topological polar surface area (TPSA) is 38.1 Å². The normalized spacial score (nSPS) is 17.8. The summed E-state index contributed by atoms with van der Waals surface area (Å²) in [7, 11) is 0. The Kier molecular flexibility index (Phi) is 5.16. The second-order valence-electron chi connectivity index (χ2n) is 6.66. The second kappa shape index (κ2) is 7.33. The summed E-state index contributed by atoms with van der Waals surface area (Å²) >= 11 is 0. The first kappa shape index (κ1) is 17.6. The Morgan fingerprint density at radius 3 is 2.76 bits per heavy atom. The highest BCUT2D eigenvalue weighted by Gasteiger charge is 2.29. The predicted molar refractivity (Wildman–Crippen MR) is 91.4 cm³/mol. The van der Waals surface area contributed by atoms with E-state index in [0.29, 0.717) is 6.54 Å². The average Bonchev–Trinajstić information content (AvgIpc) is 3.03. The highest BCUT2D eigenvalue weighted by molar-refractivity contribution is 5.94. The van der Waals surface area contributed by atoms with Crippen LogP contribution in [0.25, 0.3) is 0 Å². The molecular formula is C19H23F2N3O. The minimum absolute atomic E-state index is 0.0341. The minimum atomic E-state index is -1.04. The van der Waals surface area contributed by atoms with Crippen molar-refractivity contribution in [3.05, 3.63) is 53.1 Å². The number of hydrogen-bond acceptors (Lipinski definition) is 2. The van der Waals surface area contributed by atoms with Gasteiger partial charge in [-0.15, -0.1) is 0 Å². The molecule has 1 amide bonds. The monoisotopic (exact) mass is 347 g/mol. The summed E-state index contributed by atoms with van der Waals surface area (Å²) in [6.07, 6.45) is 7.27. The van der Waals surface area contributed by atoms with E-state index in [4.69, 9.17) is 0 Å². The van der Waals surface area contributed by atoms with Crippen molar-refractivity contribution < 1.29 is 13.6 Å². The maximum absolute atomic E-state index is 14.2. The molecule has 0 N–H and O–H groups in total. The highest BCUT2D eigenvalue weighted by Crippen LogP contribution is 2.25. The van der Waals surface area contributed by atoms with Gasteiger partial charge in [0.25, 0.3) is 5.91 Å². The number of hydrogen-bond donors (Lipinski definition) is 0. The average molecular weight is 347 g/mol. The fraction of sp³-hybridized carbons (Fsp3) is 0.474. The molecule has 0 radical (unpaired) electrons. The van der Waals surface area contributed by atoms with Crippen molar-refractivity contribution in [2.45, 2.75) is 52.1 Å². The van der Waals surface area contributed by atoms with E-state index in [1.165, 1.54) is 19.1 Å². The third-order valence-electron chi connectivity index (χ3n) is 5.02. The SMILES string of the molecule is Cc1ccc(C(=O)N2CCCCC2CCn2ccnc2C)c(F)c1F. The smallest absolute Gasteiger partial charge is 0.257 e. The first-order valence-electron chi connectivity index (χ1n) is 8.72. The van der Waals surface area contributed by atoms with Gasteiger partial charge in [-0.3, -0.25) is 4.79 Å². The molecule has 1 aromatic carbocycles. The lowest BCUT2D eigenvalue weighted by molar-refractivity contribution is 0.0589. The van der Waals surface area contributed by atoms with Crippen LogP contribution in [0.5, 0.6) is 0 Å². The molecule has 1 aliphatic heterocycles. The maximum Gasteiger partial charge on any atom is 0.257 e. The molecule has 25 heavy (non-hydrogen) atoms. The van der Waals surface area contributed by atoms with Crippen LogP contribution in [0.1, 0.15) is 47.4 Å². The number of halogens is 2. The first-order valence-corrected chi connectivity index (χ1v) is 8.72. The van der Waals surface area contributed by atoms with Gasteiger partial charge in [0.1, 0.15) is 5.82 Å². The zero-order chi connectivity index (χ0) is 18.0. The molecule has 2 aromatic rings. The molecule has 134 valence electrons. The molecule has 0 saturated carbocycles. The summed E-state index contributed by atoms with van der Waals surface area (Å²) in [5, 5.41) is 0. The van der Waals surface area contributed by atoms with Crippen molar-refractivity contribution >= 4 is 5.91 Å². The molecular weight excluding hydrogens is 324 g/mol. The summed E-state index contributed by atoms with van der Waals surface area (Å²) in [4.78, 5) is 18.7. The van der Waals surface area contributed by atoms with Gasteiger partial charge in [-0.2, -0.15) is 0 Å². The van der Waals surface area contributed by atoms with E-state index >= 15 is 0 Å². The molecule has 0 spiro atoms. The van der Waals surface area contributed by atoms with Crippen molar-refractivity contribution in [2.24, 2.45) is 0 Å². The van der Waals surface area contributed by atoms with E-state index in [9.17, 15) is 13.6 Å². The fourth-order valence-corrected chi connectivity index (χ4v) is 3.46. The Morgan fingerprint density at radius 1 is 1.24 bits per heavy atom. The summed E-state index contributed by atoms with van der Waals surface area (Å²) < 4.78 is 30.1. The Labute approximate surface area is 146 Å². The van der Waals surface area contributed by atoms with Crippen molar-refractivity contribution in [2.75, 3.05) is 6.54 Å². The maximum atomic E-state index is 14.2. The number of benzene rings is 1. The third kappa shape index (κ3) is 3.57. The van der Waals surface area contributed by atoms with Gasteiger partial charge in [-0.05, 0) is 51.2 Å². The molecule has 6 heteroatoms. The number of nitrogens with zero attached hydrogens (tertiary/aromatic N) is 3. The Morgan fingerprint density at radius 2 is 2.04 bits per heavy atom. The first-order chi connectivity index (χ1) is 12.0. The lowest BCUT2D eigenvalue weighted by atomic mass is 9.97. The Hall–Kier alpha value is -2.24. The van der Waals surface area contributed by atoms with E-state index < -0.39 is 17.5 Å². The molecule has 2 heterocycles. The van der Waals surface area contributed by atoms with Crippen LogP contribution in [-0.4, -0.2) is 32.9 Å². The molecule has 3 rings (SSSR count). The number of piperidine rings is 1. The number of aromatic nitrogens is 2. The zero-order valence-corrected chi connectivity index (χ0v) is 14.6. The van der Waals surface area contributed by atoms with Crippen LogP contribution in [0.3, 0.4) is 0 Å². The lowest BCUT2D eigenvalue weighted by Crippen LogP contribution is -2.44. The van der Waals surface area contributed by atoms with Crippen LogP contribution >= 0.6 is 0 Å². The molecule has 4 nitrogen and oxygen atoms in total. The van der Waals surface area contributed by atoms with Gasteiger partial charge in [-0.1, -0.05) is 6.07 Å². The van der Waals surface area contributed by atoms with Crippen molar-refractivity contribution in [3.8, 4) is 0 Å². The van der Waals surface area contributed by atoms with Gasteiger partial charge in [-0.25, -0.2) is 13.8 Å². The number of likely N-dealkylation sites (tertiary alicyclic amines) is 1. The van der Waals surface area contributed by atoms with E-state index in [0.717, 1.165) is 38.1 Å². The Balaban J connectivity index is 1.77. The summed E-state index contributed by atoms with van der Waals surface area (Å²) in [6.45, 7) is 4.77. The van der Waals surface area contributed by atoms with Gasteiger partial charge in [0.05, 0.1) is 5.56 Å². The molecule has 1 aromatic heterocycles. The van der Waals surface area contributed by atoms with Crippen LogP contribution in [0.15, 0.2) is 24.5 Å². The van der Waals surface area contributed by atoms with Gasteiger partial charge in [0, 0.05) is 31.5 Å². The van der Waals surface area contributed by atoms with Crippen LogP contribution < -0.4 is 0 Å². The van der Waals surface area contributed by atoms with E-state index in [2.05, 4.69) is 4.98 Å². The molecule has 1 aliphatic rings. The lowest BCUT2D eigenvalue weighted by Gasteiger charge is -2.36. The summed E-state index contributed by atoms with van der Waals surface area (Å²) in [5.74, 6) is -1.46. The summed E-state index contributed by atoms with van der Waals surface area (Å²) in [5.41, 5.74) is 0.0358. The molecule has 0 aliphatic carbocycles. The Bertz CT molecular complexity index is 772. The predicted octanol–water partition coefficient (Wildman–Crippen LogP) is 3.86. The molecule has 1 fully saturated rings. The standard InChI is InChI=1S/C19H23F2N3O/c1-13-6-7-16(18(21)17(13)20)19(25)24-10-4-3-5-15(24)8-11-23-12-9-22-14(23)2/h6-7,9,12,15H,3-5,8,10-11H2,1-2H3. The van der Waals surface area contributed by atoms with Crippen LogP contribution in [-0.2, 0) is 6.54 Å². The molecule has 1 saturated heterocycles. The quantitative estimate of drug-likeness (QED) is 0.842. The number of rotatable bonds is 4. The van der Waals surface area contributed by atoms with Gasteiger partial charge >= 0.3 is 0 Å². The van der Waals surface area contributed by atoms with Crippen LogP contribution in [0, 0.1) is 25.5 Å². The number of aryl methyl sites for hydroxylation is 3. The fourth-order valence-electron chi connectivity index (χ4n) is 3.46. The van der Waals surface area contributed by atoms with Crippen molar-refractivity contribution in [1.29, 1.82) is 0 Å². The van der Waals surface area contributed by atoms with Crippen LogP contribution in [0.4, 0.5) is 8.78 Å². The number of imidazole rings is 1. The summed E-state index contributed by atoms with van der Waals surface area (Å²) in [6, 6.07) is 2.88. The zero-order valence-electron chi connectivity index (χ0n) is 14.6. The molecule has 1 atom stereocenters. The van der Waals surface area contributed by atoms with Gasteiger partial charge in [0.15, 0.2) is 11.6 Å².